The highest BCUT2D eigenvalue weighted by Crippen LogP contribution is 2.37. The molecule has 8 heteroatoms. The van der Waals surface area contributed by atoms with E-state index in [-0.39, 0.29) is 11.0 Å². The van der Waals surface area contributed by atoms with Crippen molar-refractivity contribution in [3.8, 4) is 0 Å². The fourth-order valence-corrected chi connectivity index (χ4v) is 2.21. The van der Waals surface area contributed by atoms with Gasteiger partial charge in [0.05, 0.1) is 16.8 Å². The summed E-state index contributed by atoms with van der Waals surface area (Å²) in [4.78, 5) is 11.8. The first kappa shape index (κ1) is 17.8. The first-order chi connectivity index (χ1) is 10.4. The summed E-state index contributed by atoms with van der Waals surface area (Å²) in [6, 6.07) is 3.12. The van der Waals surface area contributed by atoms with Gasteiger partial charge in [0, 0.05) is 12.6 Å². The third kappa shape index (κ3) is 3.38. The third-order valence-corrected chi connectivity index (χ3v) is 4.30. The molecule has 23 heavy (non-hydrogen) atoms. The maximum absolute atomic E-state index is 13.1. The number of benzene rings is 1. The maximum Gasteiger partial charge on any atom is 0.494 e. The molecule has 1 fully saturated rings. The molecule has 1 N–H and O–H groups in total. The van der Waals surface area contributed by atoms with Gasteiger partial charge in [-0.3, -0.25) is 4.79 Å². The summed E-state index contributed by atoms with van der Waals surface area (Å²) in [5, 5.41) is 2.32. The molecule has 4 nitrogen and oxygen atoms in total. The molecule has 0 saturated carbocycles. The molecule has 1 saturated heterocycles. The second-order valence-electron chi connectivity index (χ2n) is 6.51. The van der Waals surface area contributed by atoms with Gasteiger partial charge in [0.2, 0.25) is 0 Å². The van der Waals surface area contributed by atoms with Crippen molar-refractivity contribution in [1.82, 2.24) is 5.32 Å². The Labute approximate surface area is 133 Å². The second kappa shape index (κ2) is 5.52. The van der Waals surface area contributed by atoms with Crippen LogP contribution in [0.3, 0.4) is 0 Å². The number of carbonyl (C=O) groups excluding carboxylic acids is 1. The Bertz CT molecular complexity index is 613. The topological polar surface area (TPSA) is 47.6 Å². The zero-order valence-corrected chi connectivity index (χ0v) is 13.7. The van der Waals surface area contributed by atoms with Crippen LogP contribution in [0.2, 0.25) is 0 Å². The Morgan fingerprint density at radius 3 is 2.04 bits per heavy atom. The minimum Gasteiger partial charge on any atom is -0.399 e. The Morgan fingerprint density at radius 2 is 1.61 bits per heavy atom. The van der Waals surface area contributed by atoms with Gasteiger partial charge in [-0.2, -0.15) is 13.2 Å². The predicted octanol–water partition coefficient (Wildman–Crippen LogP) is 2.36. The number of carbonyl (C=O) groups is 1. The van der Waals surface area contributed by atoms with Gasteiger partial charge in [0.25, 0.3) is 5.91 Å². The van der Waals surface area contributed by atoms with Crippen molar-refractivity contribution in [2.75, 3.05) is 7.05 Å². The Kier molecular flexibility index (Phi) is 4.28. The summed E-state index contributed by atoms with van der Waals surface area (Å²) in [7, 11) is 0.391. The lowest BCUT2D eigenvalue weighted by Crippen LogP contribution is -2.41. The number of halogens is 3. The highest BCUT2D eigenvalue weighted by atomic mass is 19.4. The molecule has 0 bridgehead atoms. The van der Waals surface area contributed by atoms with Gasteiger partial charge in [-0.1, -0.05) is 6.07 Å². The van der Waals surface area contributed by atoms with Crippen molar-refractivity contribution in [2.45, 2.75) is 45.1 Å². The molecule has 1 aliphatic rings. The van der Waals surface area contributed by atoms with Gasteiger partial charge < -0.3 is 14.6 Å². The SMILES string of the molecule is CNC(=O)c1cc(B2OC(C)(C)C(C)(C)O2)cc(C(F)(F)F)c1. The highest BCUT2D eigenvalue weighted by Gasteiger charge is 2.52. The van der Waals surface area contributed by atoms with Crippen LogP contribution in [0.1, 0.15) is 43.6 Å². The van der Waals surface area contributed by atoms with Crippen molar-refractivity contribution in [3.63, 3.8) is 0 Å². The largest absolute Gasteiger partial charge is 0.494 e. The summed E-state index contributed by atoms with van der Waals surface area (Å²) in [6.45, 7) is 7.22. The van der Waals surface area contributed by atoms with E-state index < -0.39 is 36.0 Å². The number of hydrogen-bond donors (Lipinski definition) is 1. The molecule has 2 rings (SSSR count). The van der Waals surface area contributed by atoms with E-state index >= 15 is 0 Å². The van der Waals surface area contributed by atoms with Crippen LogP contribution in [0.4, 0.5) is 13.2 Å². The molecule has 1 aliphatic heterocycles. The fraction of sp³-hybridized carbons (Fsp3) is 0.533. The van der Waals surface area contributed by atoms with E-state index in [1.165, 1.54) is 13.1 Å². The molecule has 126 valence electrons. The minimum absolute atomic E-state index is 0.0907. The molecule has 1 aromatic rings. The maximum atomic E-state index is 13.1. The summed E-state index contributed by atoms with van der Waals surface area (Å²) in [5.74, 6) is -0.603. The molecule has 1 aromatic carbocycles. The quantitative estimate of drug-likeness (QED) is 0.848. The van der Waals surface area contributed by atoms with Crippen molar-refractivity contribution in [3.05, 3.63) is 29.3 Å². The first-order valence-corrected chi connectivity index (χ1v) is 7.17. The first-order valence-electron chi connectivity index (χ1n) is 7.17. The standard InChI is InChI=1S/C15H19BF3NO3/c1-13(2)14(3,4)23-16(22-13)11-7-9(12(21)20-5)6-10(8-11)15(17,18)19/h6-8H,1-5H3,(H,20,21). The summed E-state index contributed by atoms with van der Waals surface area (Å²) in [6.07, 6.45) is -4.57. The molecule has 0 atom stereocenters. The molecule has 0 radical (unpaired) electrons. The van der Waals surface area contributed by atoms with Crippen LogP contribution >= 0.6 is 0 Å². The van der Waals surface area contributed by atoms with Crippen LogP contribution in [0.15, 0.2) is 18.2 Å². The van der Waals surface area contributed by atoms with E-state index in [4.69, 9.17) is 9.31 Å². The van der Waals surface area contributed by atoms with E-state index in [1.807, 2.05) is 0 Å². The van der Waals surface area contributed by atoms with E-state index in [1.54, 1.807) is 27.7 Å². The zero-order chi connectivity index (χ0) is 17.6. The van der Waals surface area contributed by atoms with Crippen LogP contribution in [0.5, 0.6) is 0 Å². The van der Waals surface area contributed by atoms with E-state index in [9.17, 15) is 18.0 Å². The van der Waals surface area contributed by atoms with Crippen molar-refractivity contribution < 1.29 is 27.3 Å². The lowest BCUT2D eigenvalue weighted by atomic mass is 9.77. The lowest BCUT2D eigenvalue weighted by molar-refractivity contribution is -0.137. The molecule has 0 spiro atoms. The Hall–Kier alpha value is -1.54. The average Bonchev–Trinajstić information content (AvgIpc) is 2.65. The van der Waals surface area contributed by atoms with Crippen molar-refractivity contribution >= 4 is 18.5 Å². The van der Waals surface area contributed by atoms with Crippen LogP contribution in [0, 0.1) is 0 Å². The van der Waals surface area contributed by atoms with Crippen molar-refractivity contribution in [1.29, 1.82) is 0 Å². The van der Waals surface area contributed by atoms with Gasteiger partial charge in [-0.05, 0) is 45.3 Å². The van der Waals surface area contributed by atoms with Crippen LogP contribution < -0.4 is 10.8 Å². The van der Waals surface area contributed by atoms with Gasteiger partial charge in [0.1, 0.15) is 0 Å². The highest BCUT2D eigenvalue weighted by molar-refractivity contribution is 6.62. The summed E-state index contributed by atoms with van der Waals surface area (Å²) >= 11 is 0. The predicted molar refractivity (Wildman–Crippen MR) is 80.6 cm³/mol. The second-order valence-corrected chi connectivity index (χ2v) is 6.51. The normalized spacial score (nSPS) is 19.7. The number of nitrogens with one attached hydrogen (secondary N) is 1. The molecule has 0 aliphatic carbocycles. The van der Waals surface area contributed by atoms with Crippen LogP contribution in [-0.4, -0.2) is 31.3 Å². The smallest absolute Gasteiger partial charge is 0.399 e. The third-order valence-electron chi connectivity index (χ3n) is 4.30. The Balaban J connectivity index is 2.49. The van der Waals surface area contributed by atoms with E-state index in [0.717, 1.165) is 12.1 Å². The zero-order valence-electron chi connectivity index (χ0n) is 13.7. The molecule has 1 heterocycles. The van der Waals surface area contributed by atoms with E-state index in [0.29, 0.717) is 0 Å². The van der Waals surface area contributed by atoms with Gasteiger partial charge >= 0.3 is 13.3 Å². The average molecular weight is 329 g/mol. The number of amides is 1. The minimum atomic E-state index is -4.57. The van der Waals surface area contributed by atoms with Gasteiger partial charge in [-0.25, -0.2) is 0 Å². The van der Waals surface area contributed by atoms with Crippen LogP contribution in [-0.2, 0) is 15.5 Å². The Morgan fingerprint density at radius 1 is 1.09 bits per heavy atom. The molecular formula is C15H19BF3NO3. The fourth-order valence-electron chi connectivity index (χ4n) is 2.21. The summed E-state index contributed by atoms with van der Waals surface area (Å²) in [5.41, 5.74) is -2.20. The summed E-state index contributed by atoms with van der Waals surface area (Å²) < 4.78 is 50.8. The van der Waals surface area contributed by atoms with Gasteiger partial charge in [0.15, 0.2) is 0 Å². The lowest BCUT2D eigenvalue weighted by Gasteiger charge is -2.32. The molecular weight excluding hydrogens is 310 g/mol. The van der Waals surface area contributed by atoms with Crippen LogP contribution in [0.25, 0.3) is 0 Å². The number of hydrogen-bond acceptors (Lipinski definition) is 3. The molecule has 1 amide bonds. The van der Waals surface area contributed by atoms with Gasteiger partial charge in [-0.15, -0.1) is 0 Å². The molecule has 0 aromatic heterocycles. The molecule has 0 unspecified atom stereocenters. The van der Waals surface area contributed by atoms with E-state index in [2.05, 4.69) is 5.32 Å². The number of rotatable bonds is 2. The van der Waals surface area contributed by atoms with Crippen molar-refractivity contribution in [2.24, 2.45) is 0 Å². The monoisotopic (exact) mass is 329 g/mol. The number of alkyl halides is 3.